The van der Waals surface area contributed by atoms with Crippen LogP contribution in [-0.4, -0.2) is 44.5 Å². The maximum atomic E-state index is 9.16. The van der Waals surface area contributed by atoms with Gasteiger partial charge in [-0.1, -0.05) is 0 Å². The van der Waals surface area contributed by atoms with Crippen LogP contribution in [0, 0.1) is 12.8 Å². The molecule has 0 atom stereocenters. The molecule has 0 aliphatic heterocycles. The highest BCUT2D eigenvalue weighted by Gasteiger charge is 2.24. The van der Waals surface area contributed by atoms with Crippen LogP contribution in [0.4, 0.5) is 0 Å². The number of aliphatic hydroxyl groups excluding tert-OH is 1. The standard InChI is InChI=1S/C13H24N4O/c1-10-14-15-13(17(10)3)8-16(2)12-6-4-11(9-18)5-7-12/h11-12,18H,4-9H2,1-3H3. The summed E-state index contributed by atoms with van der Waals surface area (Å²) in [5.74, 6) is 2.51. The van der Waals surface area contributed by atoms with E-state index in [9.17, 15) is 0 Å². The first-order valence-electron chi connectivity index (χ1n) is 6.77. The summed E-state index contributed by atoms with van der Waals surface area (Å²) in [5.41, 5.74) is 0. The molecule has 18 heavy (non-hydrogen) atoms. The fraction of sp³-hybridized carbons (Fsp3) is 0.846. The molecule has 1 aliphatic carbocycles. The second-order valence-corrected chi connectivity index (χ2v) is 5.49. The van der Waals surface area contributed by atoms with E-state index in [2.05, 4.69) is 26.7 Å². The molecule has 0 aromatic carbocycles. The molecule has 5 heteroatoms. The van der Waals surface area contributed by atoms with Crippen LogP contribution in [-0.2, 0) is 13.6 Å². The van der Waals surface area contributed by atoms with Crippen molar-refractivity contribution in [1.29, 1.82) is 0 Å². The van der Waals surface area contributed by atoms with E-state index in [1.165, 1.54) is 12.8 Å². The maximum Gasteiger partial charge on any atom is 0.146 e. The lowest BCUT2D eigenvalue weighted by Crippen LogP contribution is -2.36. The Balaban J connectivity index is 1.89. The van der Waals surface area contributed by atoms with E-state index in [4.69, 9.17) is 5.11 Å². The quantitative estimate of drug-likeness (QED) is 0.872. The van der Waals surface area contributed by atoms with E-state index in [1.54, 1.807) is 0 Å². The van der Waals surface area contributed by atoms with Crippen LogP contribution in [0.3, 0.4) is 0 Å². The fourth-order valence-electron chi connectivity index (χ4n) is 2.71. The number of hydrogen-bond acceptors (Lipinski definition) is 4. The summed E-state index contributed by atoms with van der Waals surface area (Å²) in [6, 6.07) is 0.616. The number of aliphatic hydroxyl groups is 1. The average molecular weight is 252 g/mol. The summed E-state index contributed by atoms with van der Waals surface area (Å²) in [4.78, 5) is 2.37. The Kier molecular flexibility index (Phi) is 4.35. The van der Waals surface area contributed by atoms with Gasteiger partial charge >= 0.3 is 0 Å². The molecule has 0 spiro atoms. The summed E-state index contributed by atoms with van der Waals surface area (Å²) in [6.45, 7) is 3.17. The Bertz CT molecular complexity index is 382. The van der Waals surface area contributed by atoms with Gasteiger partial charge in [0.1, 0.15) is 11.6 Å². The van der Waals surface area contributed by atoms with E-state index in [0.29, 0.717) is 18.6 Å². The summed E-state index contributed by atoms with van der Waals surface area (Å²) in [5, 5.41) is 17.5. The van der Waals surface area contributed by atoms with Crippen molar-refractivity contribution in [1.82, 2.24) is 19.7 Å². The van der Waals surface area contributed by atoms with Gasteiger partial charge in [-0.05, 0) is 45.6 Å². The SMILES string of the molecule is Cc1nnc(CN(C)C2CCC(CO)CC2)n1C. The molecule has 0 bridgehead atoms. The molecule has 1 saturated carbocycles. The zero-order valence-corrected chi connectivity index (χ0v) is 11.6. The lowest BCUT2D eigenvalue weighted by atomic mass is 9.86. The summed E-state index contributed by atoms with van der Waals surface area (Å²) in [6.07, 6.45) is 4.64. The molecule has 0 amide bonds. The van der Waals surface area contributed by atoms with Crippen molar-refractivity contribution in [2.45, 2.75) is 45.2 Å². The second kappa shape index (κ2) is 5.80. The molecule has 2 rings (SSSR count). The molecule has 1 aromatic heterocycles. The Hall–Kier alpha value is -0.940. The van der Waals surface area contributed by atoms with Gasteiger partial charge in [-0.25, -0.2) is 0 Å². The Morgan fingerprint density at radius 3 is 2.44 bits per heavy atom. The number of aryl methyl sites for hydroxylation is 1. The molecule has 1 aliphatic rings. The first-order chi connectivity index (χ1) is 8.61. The van der Waals surface area contributed by atoms with Crippen LogP contribution in [0.15, 0.2) is 0 Å². The minimum absolute atomic E-state index is 0.346. The van der Waals surface area contributed by atoms with Crippen LogP contribution in [0.5, 0.6) is 0 Å². The Labute approximate surface area is 109 Å². The van der Waals surface area contributed by atoms with Gasteiger partial charge in [0.2, 0.25) is 0 Å². The molecule has 5 nitrogen and oxygen atoms in total. The smallest absolute Gasteiger partial charge is 0.146 e. The summed E-state index contributed by atoms with van der Waals surface area (Å²) < 4.78 is 2.05. The second-order valence-electron chi connectivity index (χ2n) is 5.49. The highest BCUT2D eigenvalue weighted by molar-refractivity contribution is 4.93. The predicted molar refractivity (Wildman–Crippen MR) is 70.0 cm³/mol. The number of hydrogen-bond donors (Lipinski definition) is 1. The molecular formula is C13H24N4O. The molecule has 0 unspecified atom stereocenters. The van der Waals surface area contributed by atoms with Crippen LogP contribution in [0.25, 0.3) is 0 Å². The van der Waals surface area contributed by atoms with Gasteiger partial charge in [-0.3, -0.25) is 4.90 Å². The van der Waals surface area contributed by atoms with Crippen LogP contribution >= 0.6 is 0 Å². The molecule has 0 saturated heterocycles. The van der Waals surface area contributed by atoms with Crippen molar-refractivity contribution in [2.24, 2.45) is 13.0 Å². The Morgan fingerprint density at radius 1 is 1.28 bits per heavy atom. The molecular weight excluding hydrogens is 228 g/mol. The van der Waals surface area contributed by atoms with Crippen molar-refractivity contribution in [2.75, 3.05) is 13.7 Å². The van der Waals surface area contributed by atoms with Crippen molar-refractivity contribution in [3.63, 3.8) is 0 Å². The van der Waals surface area contributed by atoms with E-state index in [-0.39, 0.29) is 0 Å². The minimum Gasteiger partial charge on any atom is -0.396 e. The monoisotopic (exact) mass is 252 g/mol. The van der Waals surface area contributed by atoms with Gasteiger partial charge in [0.05, 0.1) is 6.54 Å². The third kappa shape index (κ3) is 2.90. The lowest BCUT2D eigenvalue weighted by molar-refractivity contribution is 0.122. The molecule has 1 fully saturated rings. The molecule has 1 aromatic rings. The van der Waals surface area contributed by atoms with Gasteiger partial charge in [-0.2, -0.15) is 0 Å². The van der Waals surface area contributed by atoms with E-state index >= 15 is 0 Å². The third-order valence-electron chi connectivity index (χ3n) is 4.27. The zero-order valence-electron chi connectivity index (χ0n) is 11.6. The minimum atomic E-state index is 0.346. The number of nitrogens with zero attached hydrogens (tertiary/aromatic N) is 4. The van der Waals surface area contributed by atoms with Crippen LogP contribution in [0.2, 0.25) is 0 Å². The first kappa shape index (κ1) is 13.5. The predicted octanol–water partition coefficient (Wildman–Crippen LogP) is 1.11. The Morgan fingerprint density at radius 2 is 1.94 bits per heavy atom. The van der Waals surface area contributed by atoms with Crippen LogP contribution < -0.4 is 0 Å². The summed E-state index contributed by atoms with van der Waals surface area (Å²) in [7, 11) is 4.18. The van der Waals surface area contributed by atoms with Crippen molar-refractivity contribution in [3.8, 4) is 0 Å². The highest BCUT2D eigenvalue weighted by Crippen LogP contribution is 2.27. The fourth-order valence-corrected chi connectivity index (χ4v) is 2.71. The first-order valence-corrected chi connectivity index (χ1v) is 6.77. The van der Waals surface area contributed by atoms with Gasteiger partial charge in [0.15, 0.2) is 0 Å². The number of rotatable bonds is 4. The lowest BCUT2D eigenvalue weighted by Gasteiger charge is -2.33. The average Bonchev–Trinajstić information content (AvgIpc) is 2.71. The van der Waals surface area contributed by atoms with E-state index in [0.717, 1.165) is 31.0 Å². The van der Waals surface area contributed by atoms with Gasteiger partial charge in [-0.15, -0.1) is 10.2 Å². The van der Waals surface area contributed by atoms with Crippen molar-refractivity contribution < 1.29 is 5.11 Å². The van der Waals surface area contributed by atoms with Crippen molar-refractivity contribution in [3.05, 3.63) is 11.6 Å². The van der Waals surface area contributed by atoms with Crippen molar-refractivity contribution >= 4 is 0 Å². The largest absolute Gasteiger partial charge is 0.396 e. The molecule has 0 radical (unpaired) electrons. The van der Waals surface area contributed by atoms with Gasteiger partial charge in [0, 0.05) is 19.7 Å². The van der Waals surface area contributed by atoms with E-state index < -0.39 is 0 Å². The van der Waals surface area contributed by atoms with E-state index in [1.807, 2.05) is 14.0 Å². The normalized spacial score (nSPS) is 24.7. The summed E-state index contributed by atoms with van der Waals surface area (Å²) >= 11 is 0. The zero-order chi connectivity index (χ0) is 13.1. The topological polar surface area (TPSA) is 54.2 Å². The molecule has 1 N–H and O–H groups in total. The number of aromatic nitrogens is 3. The maximum absolute atomic E-state index is 9.16. The molecule has 102 valence electrons. The van der Waals surface area contributed by atoms with Gasteiger partial charge < -0.3 is 9.67 Å². The third-order valence-corrected chi connectivity index (χ3v) is 4.27. The highest BCUT2D eigenvalue weighted by atomic mass is 16.3. The van der Waals surface area contributed by atoms with Crippen LogP contribution in [0.1, 0.15) is 37.3 Å². The molecule has 1 heterocycles. The van der Waals surface area contributed by atoms with Gasteiger partial charge in [0.25, 0.3) is 0 Å².